The molecule has 1 saturated heterocycles. The third kappa shape index (κ3) is 2.95. The first kappa shape index (κ1) is 12.0. The molecule has 0 aliphatic carbocycles. The lowest BCUT2D eigenvalue weighted by molar-refractivity contribution is 0.154. The smallest absolute Gasteiger partial charge is 0.252 e. The third-order valence-corrected chi connectivity index (χ3v) is 4.00. The minimum Gasteiger partial charge on any atom is -0.304 e. The number of nitrogens with zero attached hydrogens (tertiary/aromatic N) is 2. The maximum atomic E-state index is 11.2. The van der Waals surface area contributed by atoms with Gasteiger partial charge in [-0.1, -0.05) is 6.08 Å². The number of piperazine rings is 1. The molecule has 1 atom stereocenters. The Kier molecular flexibility index (Phi) is 3.94. The van der Waals surface area contributed by atoms with Gasteiger partial charge in [-0.05, 0) is 7.05 Å². The van der Waals surface area contributed by atoms with Crippen LogP contribution in [-0.4, -0.2) is 56.8 Å². The van der Waals surface area contributed by atoms with Crippen LogP contribution < -0.4 is 0 Å². The number of rotatable bonds is 3. The van der Waals surface area contributed by atoms with E-state index in [1.165, 1.54) is 6.08 Å². The molecule has 1 heterocycles. The third-order valence-electron chi connectivity index (χ3n) is 2.39. The van der Waals surface area contributed by atoms with E-state index in [-0.39, 0.29) is 0 Å². The molecule has 14 heavy (non-hydrogen) atoms. The number of hydrogen-bond acceptors (Lipinski definition) is 4. The van der Waals surface area contributed by atoms with Crippen LogP contribution in [0.2, 0.25) is 0 Å². The molecule has 0 bridgehead atoms. The molecule has 1 unspecified atom stereocenters. The summed E-state index contributed by atoms with van der Waals surface area (Å²) in [7, 11) is 3.75. The van der Waals surface area contributed by atoms with Crippen molar-refractivity contribution in [3.8, 4) is 0 Å². The van der Waals surface area contributed by atoms with Crippen LogP contribution in [0.1, 0.15) is 0 Å². The van der Waals surface area contributed by atoms with Gasteiger partial charge in [0.2, 0.25) is 0 Å². The highest BCUT2D eigenvalue weighted by Crippen LogP contribution is 2.15. The topological polar surface area (TPSA) is 40.6 Å². The summed E-state index contributed by atoms with van der Waals surface area (Å²) < 4.78 is 22.4. The van der Waals surface area contributed by atoms with Crippen LogP contribution in [-0.2, 0) is 9.05 Å². The van der Waals surface area contributed by atoms with Crippen LogP contribution >= 0.6 is 10.7 Å². The Morgan fingerprint density at radius 2 is 1.86 bits per heavy atom. The van der Waals surface area contributed by atoms with Gasteiger partial charge in [-0.15, -0.1) is 6.58 Å². The summed E-state index contributed by atoms with van der Waals surface area (Å²) in [6.07, 6.45) is 1.38. The number of likely N-dealkylation sites (N-methyl/N-ethyl adjacent to an activating group) is 1. The molecule has 0 N–H and O–H groups in total. The minimum atomic E-state index is -3.57. The van der Waals surface area contributed by atoms with Gasteiger partial charge >= 0.3 is 0 Å². The van der Waals surface area contributed by atoms with E-state index in [0.717, 1.165) is 13.1 Å². The Bertz CT molecular complexity index is 296. The van der Waals surface area contributed by atoms with Crippen molar-refractivity contribution in [1.82, 2.24) is 9.80 Å². The molecule has 0 radical (unpaired) electrons. The maximum absolute atomic E-state index is 11.2. The van der Waals surface area contributed by atoms with E-state index in [0.29, 0.717) is 13.1 Å². The van der Waals surface area contributed by atoms with E-state index in [1.807, 2.05) is 11.9 Å². The molecular weight excluding hydrogens is 224 g/mol. The molecule has 0 spiro atoms. The van der Waals surface area contributed by atoms with Gasteiger partial charge in [-0.25, -0.2) is 8.42 Å². The molecule has 1 fully saturated rings. The summed E-state index contributed by atoms with van der Waals surface area (Å²) in [4.78, 5) is 3.98. The van der Waals surface area contributed by atoms with Crippen molar-refractivity contribution in [2.75, 3.05) is 33.2 Å². The first-order valence-electron chi connectivity index (χ1n) is 4.44. The highest BCUT2D eigenvalue weighted by atomic mass is 35.7. The zero-order valence-corrected chi connectivity index (χ0v) is 9.76. The maximum Gasteiger partial charge on any atom is 0.252 e. The van der Waals surface area contributed by atoms with Crippen molar-refractivity contribution in [2.45, 2.75) is 5.37 Å². The molecule has 82 valence electrons. The monoisotopic (exact) mass is 238 g/mol. The molecule has 0 saturated carbocycles. The van der Waals surface area contributed by atoms with Crippen molar-refractivity contribution in [3.63, 3.8) is 0 Å². The van der Waals surface area contributed by atoms with Gasteiger partial charge < -0.3 is 4.90 Å². The van der Waals surface area contributed by atoms with Gasteiger partial charge in [-0.2, -0.15) is 0 Å². The molecule has 1 aliphatic rings. The van der Waals surface area contributed by atoms with Crippen molar-refractivity contribution in [1.29, 1.82) is 0 Å². The zero-order valence-electron chi connectivity index (χ0n) is 8.19. The van der Waals surface area contributed by atoms with E-state index < -0.39 is 14.4 Å². The van der Waals surface area contributed by atoms with Crippen LogP contribution in [0.5, 0.6) is 0 Å². The van der Waals surface area contributed by atoms with Gasteiger partial charge in [0.15, 0.2) is 0 Å². The van der Waals surface area contributed by atoms with Crippen molar-refractivity contribution in [2.24, 2.45) is 0 Å². The largest absolute Gasteiger partial charge is 0.304 e. The van der Waals surface area contributed by atoms with E-state index >= 15 is 0 Å². The molecule has 1 rings (SSSR count). The highest BCUT2D eigenvalue weighted by Gasteiger charge is 2.28. The Balaban J connectivity index is 2.68. The lowest BCUT2D eigenvalue weighted by Crippen LogP contribution is -2.49. The van der Waals surface area contributed by atoms with E-state index in [9.17, 15) is 8.42 Å². The highest BCUT2D eigenvalue weighted by molar-refractivity contribution is 8.14. The first-order valence-corrected chi connectivity index (χ1v) is 6.81. The summed E-state index contributed by atoms with van der Waals surface area (Å²) in [5.41, 5.74) is 0. The van der Waals surface area contributed by atoms with Crippen LogP contribution in [0.4, 0.5) is 0 Å². The zero-order chi connectivity index (χ0) is 10.8. The fourth-order valence-corrected chi connectivity index (χ4v) is 2.87. The van der Waals surface area contributed by atoms with Gasteiger partial charge in [0.25, 0.3) is 9.05 Å². The standard InChI is InChI=1S/C8H15ClN2O2S/c1-3-8(14(9,12)13)11-6-4-10(2)5-7-11/h3,8H,1,4-7H2,2H3. The molecule has 0 amide bonds. The average molecular weight is 239 g/mol. The Morgan fingerprint density at radius 1 is 1.36 bits per heavy atom. The van der Waals surface area contributed by atoms with Crippen molar-refractivity contribution < 1.29 is 8.42 Å². The number of halogens is 1. The van der Waals surface area contributed by atoms with Gasteiger partial charge in [0.05, 0.1) is 0 Å². The SMILES string of the molecule is C=CC(N1CCN(C)CC1)S(=O)(=O)Cl. The molecule has 0 aromatic rings. The lowest BCUT2D eigenvalue weighted by Gasteiger charge is -2.35. The predicted molar refractivity (Wildman–Crippen MR) is 57.8 cm³/mol. The molecule has 4 nitrogen and oxygen atoms in total. The van der Waals surface area contributed by atoms with Crippen LogP contribution in [0.3, 0.4) is 0 Å². The van der Waals surface area contributed by atoms with Crippen LogP contribution in [0.25, 0.3) is 0 Å². The van der Waals surface area contributed by atoms with E-state index in [1.54, 1.807) is 0 Å². The summed E-state index contributed by atoms with van der Waals surface area (Å²) in [5, 5.41) is -0.752. The second-order valence-corrected chi connectivity index (χ2v) is 6.17. The quantitative estimate of drug-likeness (QED) is 0.524. The normalized spacial score (nSPS) is 23.3. The van der Waals surface area contributed by atoms with Gasteiger partial charge in [0, 0.05) is 36.9 Å². The Hall–Kier alpha value is -0.100. The van der Waals surface area contributed by atoms with E-state index in [2.05, 4.69) is 11.5 Å². The van der Waals surface area contributed by atoms with Crippen molar-refractivity contribution in [3.05, 3.63) is 12.7 Å². The fraction of sp³-hybridized carbons (Fsp3) is 0.750. The van der Waals surface area contributed by atoms with Crippen molar-refractivity contribution >= 4 is 19.7 Å². The first-order chi connectivity index (χ1) is 6.45. The second-order valence-electron chi connectivity index (χ2n) is 3.44. The molecule has 0 aromatic heterocycles. The molecule has 1 aliphatic heterocycles. The minimum absolute atomic E-state index is 0.707. The summed E-state index contributed by atoms with van der Waals surface area (Å²) in [6, 6.07) is 0. The van der Waals surface area contributed by atoms with Gasteiger partial charge in [-0.3, -0.25) is 4.90 Å². The van der Waals surface area contributed by atoms with Crippen LogP contribution in [0, 0.1) is 0 Å². The molecule has 0 aromatic carbocycles. The van der Waals surface area contributed by atoms with E-state index in [4.69, 9.17) is 10.7 Å². The summed E-state index contributed by atoms with van der Waals surface area (Å²) in [5.74, 6) is 0. The summed E-state index contributed by atoms with van der Waals surface area (Å²) >= 11 is 0. The van der Waals surface area contributed by atoms with Crippen LogP contribution in [0.15, 0.2) is 12.7 Å². The number of hydrogen-bond donors (Lipinski definition) is 0. The average Bonchev–Trinajstić information content (AvgIpc) is 2.07. The second kappa shape index (κ2) is 4.61. The molecule has 6 heteroatoms. The molecular formula is C8H15ClN2O2S. The lowest BCUT2D eigenvalue weighted by atomic mass is 10.3. The Morgan fingerprint density at radius 3 is 2.21 bits per heavy atom. The Labute approximate surface area is 89.6 Å². The predicted octanol–water partition coefficient (Wildman–Crippen LogP) is 0.315. The fourth-order valence-electron chi connectivity index (χ4n) is 1.52. The summed E-state index contributed by atoms with van der Waals surface area (Å²) in [6.45, 7) is 6.63. The van der Waals surface area contributed by atoms with Gasteiger partial charge in [0.1, 0.15) is 5.37 Å².